The number of methoxy groups -OCH3 is 1. The van der Waals surface area contributed by atoms with Crippen molar-refractivity contribution in [3.63, 3.8) is 0 Å². The van der Waals surface area contributed by atoms with Gasteiger partial charge in [0.1, 0.15) is 18.1 Å². The fourth-order valence-electron chi connectivity index (χ4n) is 4.17. The molecule has 0 radical (unpaired) electrons. The van der Waals surface area contributed by atoms with Crippen molar-refractivity contribution in [3.05, 3.63) is 94.0 Å². The molecule has 0 unspecified atom stereocenters. The van der Waals surface area contributed by atoms with Gasteiger partial charge in [-0.2, -0.15) is 0 Å². The first-order valence-electron chi connectivity index (χ1n) is 12.2. The molecule has 0 aromatic heterocycles. The number of aliphatic hydroxyl groups excluding tert-OH is 1. The number of nitrogens with zero attached hydrogens (tertiary/aromatic N) is 1. The largest absolute Gasteiger partial charge is 0.496 e. The third-order valence-corrected chi connectivity index (χ3v) is 6.95. The molecule has 1 aliphatic rings. The van der Waals surface area contributed by atoms with Crippen LogP contribution in [0.3, 0.4) is 0 Å². The van der Waals surface area contributed by atoms with E-state index in [1.165, 1.54) is 0 Å². The lowest BCUT2D eigenvalue weighted by molar-refractivity contribution is -0.126. The quantitative estimate of drug-likeness (QED) is 0.318. The minimum Gasteiger partial charge on any atom is -0.496 e. The zero-order chi connectivity index (χ0) is 26.1. The number of carbonyl (C=O) groups is 1. The minimum absolute atomic E-state index is 0.0866. The highest BCUT2D eigenvalue weighted by Gasteiger charge is 2.44. The van der Waals surface area contributed by atoms with Crippen LogP contribution in [0.5, 0.6) is 11.5 Å². The second-order valence-electron chi connectivity index (χ2n) is 8.77. The molecule has 0 spiro atoms. The first kappa shape index (κ1) is 26.7. The van der Waals surface area contributed by atoms with Crippen LogP contribution in [0.1, 0.15) is 23.1 Å². The molecule has 3 aromatic carbocycles. The Morgan fingerprint density at radius 3 is 2.54 bits per heavy atom. The fraction of sp³-hybridized carbons (Fsp3) is 0.310. The predicted octanol–water partition coefficient (Wildman–Crippen LogP) is 4.34. The number of aliphatic hydroxyl groups is 1. The molecule has 0 saturated carbocycles. The summed E-state index contributed by atoms with van der Waals surface area (Å²) in [4.78, 5) is 18.5. The van der Waals surface area contributed by atoms with Gasteiger partial charge in [-0.3, -0.25) is 4.79 Å². The Hall–Kier alpha value is -3.36. The molecule has 194 valence electrons. The molecule has 1 heterocycles. The molecule has 1 amide bonds. The van der Waals surface area contributed by atoms with Crippen LogP contribution in [0.4, 0.5) is 0 Å². The minimum atomic E-state index is -1.10. The molecule has 1 atom stereocenters. The van der Waals surface area contributed by atoms with Crippen LogP contribution in [0.25, 0.3) is 0 Å². The van der Waals surface area contributed by atoms with Crippen molar-refractivity contribution in [1.82, 2.24) is 5.32 Å². The number of aliphatic imine (C=N–C) groups is 1. The average molecular weight is 567 g/mol. The molecule has 2 N–H and O–H groups in total. The Morgan fingerprint density at radius 2 is 1.81 bits per heavy atom. The van der Waals surface area contributed by atoms with Crippen LogP contribution < -0.4 is 14.8 Å². The van der Waals surface area contributed by atoms with Gasteiger partial charge in [0.2, 0.25) is 5.90 Å². The zero-order valence-electron chi connectivity index (χ0n) is 20.8. The number of benzene rings is 3. The highest BCUT2D eigenvalue weighted by Crippen LogP contribution is 2.30. The van der Waals surface area contributed by atoms with Gasteiger partial charge in [-0.05, 0) is 53.9 Å². The third kappa shape index (κ3) is 6.70. The first-order chi connectivity index (χ1) is 18.0. The summed E-state index contributed by atoms with van der Waals surface area (Å²) >= 11 is 3.61. The lowest BCUT2D eigenvalue weighted by Crippen LogP contribution is -2.49. The lowest BCUT2D eigenvalue weighted by Gasteiger charge is -2.24. The molecule has 8 heteroatoms. The molecule has 4 rings (SSSR count). The van der Waals surface area contributed by atoms with E-state index in [9.17, 15) is 4.79 Å². The Kier molecular flexibility index (Phi) is 9.19. The van der Waals surface area contributed by atoms with Crippen LogP contribution >= 0.6 is 15.9 Å². The van der Waals surface area contributed by atoms with Crippen molar-refractivity contribution >= 4 is 27.7 Å². The molecule has 0 aliphatic carbocycles. The number of para-hydroxylation sites is 1. The van der Waals surface area contributed by atoms with E-state index in [0.29, 0.717) is 44.1 Å². The van der Waals surface area contributed by atoms with Crippen LogP contribution in [-0.4, -0.2) is 55.9 Å². The average Bonchev–Trinajstić information content (AvgIpc) is 3.36. The van der Waals surface area contributed by atoms with Crippen molar-refractivity contribution < 1.29 is 24.1 Å². The highest BCUT2D eigenvalue weighted by molar-refractivity contribution is 9.10. The Balaban J connectivity index is 1.53. The predicted molar refractivity (Wildman–Crippen MR) is 146 cm³/mol. The van der Waals surface area contributed by atoms with Gasteiger partial charge in [0.15, 0.2) is 5.54 Å². The van der Waals surface area contributed by atoms with E-state index < -0.39 is 5.54 Å². The van der Waals surface area contributed by atoms with Crippen LogP contribution in [0, 0.1) is 0 Å². The second-order valence-corrected chi connectivity index (χ2v) is 9.63. The molecule has 0 bridgehead atoms. The molecule has 37 heavy (non-hydrogen) atoms. The van der Waals surface area contributed by atoms with Gasteiger partial charge >= 0.3 is 0 Å². The topological polar surface area (TPSA) is 89.4 Å². The maximum atomic E-state index is 13.6. The molecule has 7 nitrogen and oxygen atoms in total. The number of ether oxygens (including phenoxy) is 3. The number of halogens is 1. The van der Waals surface area contributed by atoms with E-state index in [0.717, 1.165) is 26.9 Å². The third-order valence-electron chi connectivity index (χ3n) is 6.17. The number of hydrogen-bond donors (Lipinski definition) is 2. The van der Waals surface area contributed by atoms with Gasteiger partial charge < -0.3 is 24.6 Å². The van der Waals surface area contributed by atoms with E-state index in [2.05, 4.69) is 21.2 Å². The van der Waals surface area contributed by atoms with Gasteiger partial charge in [-0.25, -0.2) is 4.99 Å². The van der Waals surface area contributed by atoms with Crippen LogP contribution in [0.15, 0.2) is 82.3 Å². The van der Waals surface area contributed by atoms with Gasteiger partial charge in [-0.15, -0.1) is 0 Å². The van der Waals surface area contributed by atoms with E-state index in [1.807, 2.05) is 72.8 Å². The van der Waals surface area contributed by atoms with Crippen molar-refractivity contribution in [3.8, 4) is 11.5 Å². The molecular weight excluding hydrogens is 536 g/mol. The standard InChI is InChI=1S/C29H31BrN2O5/c1-35-26-10-5-3-7-21(26)15-16-31-28(34)29(19-23-8-2-4-9-25(23)30)20-37-27(32-29)22-11-13-24(14-12-22)36-18-6-17-33/h2-5,7-14,33H,6,15-20H2,1H3,(H,31,34)/t29-/m1/s1. The van der Waals surface area contributed by atoms with Gasteiger partial charge in [0.05, 0.1) is 13.7 Å². The molecular formula is C29H31BrN2O5. The number of amides is 1. The van der Waals surface area contributed by atoms with E-state index in [1.54, 1.807) is 7.11 Å². The Morgan fingerprint density at radius 1 is 1.08 bits per heavy atom. The summed E-state index contributed by atoms with van der Waals surface area (Å²) < 4.78 is 18.0. The fourth-order valence-corrected chi connectivity index (χ4v) is 4.60. The molecule has 3 aromatic rings. The van der Waals surface area contributed by atoms with Crippen molar-refractivity contribution in [2.45, 2.75) is 24.8 Å². The summed E-state index contributed by atoms with van der Waals surface area (Å²) in [7, 11) is 1.64. The van der Waals surface area contributed by atoms with Gasteiger partial charge in [-0.1, -0.05) is 52.3 Å². The number of rotatable bonds is 12. The second kappa shape index (κ2) is 12.7. The van der Waals surface area contributed by atoms with Gasteiger partial charge in [0.25, 0.3) is 5.91 Å². The number of carbonyl (C=O) groups excluding carboxylic acids is 1. The normalized spacial score (nSPS) is 16.6. The van der Waals surface area contributed by atoms with Crippen molar-refractivity contribution in [1.29, 1.82) is 0 Å². The first-order valence-corrected chi connectivity index (χ1v) is 13.0. The molecule has 0 saturated heterocycles. The highest BCUT2D eigenvalue weighted by atomic mass is 79.9. The number of hydrogen-bond acceptors (Lipinski definition) is 6. The smallest absolute Gasteiger partial charge is 0.251 e. The van der Waals surface area contributed by atoms with Crippen molar-refractivity contribution in [2.75, 3.05) is 33.5 Å². The number of nitrogens with one attached hydrogen (secondary N) is 1. The van der Waals surface area contributed by atoms with Crippen LogP contribution in [-0.2, 0) is 22.4 Å². The summed E-state index contributed by atoms with van der Waals surface area (Å²) in [6.45, 7) is 1.11. The summed E-state index contributed by atoms with van der Waals surface area (Å²) in [5, 5.41) is 12.0. The zero-order valence-corrected chi connectivity index (χ0v) is 22.4. The van der Waals surface area contributed by atoms with Crippen molar-refractivity contribution in [2.24, 2.45) is 4.99 Å². The molecule has 0 fully saturated rings. The lowest BCUT2D eigenvalue weighted by atomic mass is 9.91. The SMILES string of the molecule is COc1ccccc1CCNC(=O)[C@@]1(Cc2ccccc2Br)COC(c2ccc(OCCCO)cc2)=N1. The van der Waals surface area contributed by atoms with Crippen LogP contribution in [0.2, 0.25) is 0 Å². The van der Waals surface area contributed by atoms with E-state index >= 15 is 0 Å². The summed E-state index contributed by atoms with van der Waals surface area (Å²) in [5.41, 5.74) is 1.67. The van der Waals surface area contributed by atoms with Gasteiger partial charge in [0, 0.05) is 36.0 Å². The Bertz CT molecular complexity index is 1230. The molecule has 1 aliphatic heterocycles. The Labute approximate surface area is 225 Å². The summed E-state index contributed by atoms with van der Waals surface area (Å²) in [6.07, 6.45) is 1.60. The summed E-state index contributed by atoms with van der Waals surface area (Å²) in [6, 6.07) is 23.0. The van der Waals surface area contributed by atoms with E-state index in [-0.39, 0.29) is 19.1 Å². The maximum Gasteiger partial charge on any atom is 0.251 e. The monoisotopic (exact) mass is 566 g/mol. The maximum absolute atomic E-state index is 13.6. The van der Waals surface area contributed by atoms with E-state index in [4.69, 9.17) is 24.3 Å². The summed E-state index contributed by atoms with van der Waals surface area (Å²) in [5.74, 6) is 1.74.